The van der Waals surface area contributed by atoms with E-state index >= 15 is 0 Å². The van der Waals surface area contributed by atoms with Gasteiger partial charge >= 0.3 is 5.97 Å². The van der Waals surface area contributed by atoms with E-state index in [1.165, 1.54) is 16.9 Å². The van der Waals surface area contributed by atoms with E-state index in [9.17, 15) is 9.59 Å². The molecule has 3 heterocycles. The highest BCUT2D eigenvalue weighted by atomic mass is 35.5. The second-order valence-corrected chi connectivity index (χ2v) is 6.83. The van der Waals surface area contributed by atoms with E-state index in [0.29, 0.717) is 29.6 Å². The number of nitrogens with one attached hydrogen (secondary N) is 1. The van der Waals surface area contributed by atoms with Gasteiger partial charge in [-0.05, 0) is 45.0 Å². The molecule has 1 fully saturated rings. The lowest BCUT2D eigenvalue weighted by Gasteiger charge is -2.28. The molecule has 2 N–H and O–H groups in total. The van der Waals surface area contributed by atoms with Gasteiger partial charge in [0.1, 0.15) is 11.6 Å². The molecule has 0 radical (unpaired) electrons. The molecule has 0 unspecified atom stereocenters. The monoisotopic (exact) mass is 365 g/mol. The summed E-state index contributed by atoms with van der Waals surface area (Å²) < 4.78 is 1.34. The third-order valence-corrected chi connectivity index (χ3v) is 4.71. The van der Waals surface area contributed by atoms with Gasteiger partial charge in [-0.3, -0.25) is 9.59 Å². The quantitative estimate of drug-likeness (QED) is 0.826. The van der Waals surface area contributed by atoms with Crippen LogP contribution in [0.15, 0.2) is 17.1 Å². The normalized spacial score (nSPS) is 16.2. The first-order chi connectivity index (χ1) is 11.9. The second-order valence-electron chi connectivity index (χ2n) is 6.42. The van der Waals surface area contributed by atoms with Gasteiger partial charge in [-0.25, -0.2) is 9.67 Å². The summed E-state index contributed by atoms with van der Waals surface area (Å²) in [6.45, 7) is 1.79. The number of hydrogen-bond acceptors (Lipinski definition) is 5. The zero-order chi connectivity index (χ0) is 18.0. The summed E-state index contributed by atoms with van der Waals surface area (Å²) in [4.78, 5) is 31.9. The van der Waals surface area contributed by atoms with Crippen molar-refractivity contribution < 1.29 is 9.90 Å². The number of aromatic amines is 1. The average molecular weight is 366 g/mol. The molecule has 134 valence electrons. The number of halogens is 1. The number of carboxylic acids is 1. The molecule has 0 amide bonds. The van der Waals surface area contributed by atoms with E-state index in [4.69, 9.17) is 16.7 Å². The van der Waals surface area contributed by atoms with Crippen LogP contribution in [0.25, 0.3) is 11.4 Å². The second kappa shape index (κ2) is 7.37. The summed E-state index contributed by atoms with van der Waals surface area (Å²) in [6.07, 6.45) is 4.33. The minimum Gasteiger partial charge on any atom is -0.480 e. The predicted octanol–water partition coefficient (Wildman–Crippen LogP) is 1.26. The minimum absolute atomic E-state index is 0.0271. The van der Waals surface area contributed by atoms with Crippen LogP contribution in [0.1, 0.15) is 18.7 Å². The number of aliphatic carboxylic acids is 1. The molecule has 1 aliphatic heterocycles. The Bertz CT molecular complexity index is 823. The Kier molecular flexibility index (Phi) is 5.19. The SMILES string of the molecule is CN1CCC(Cc2nc(-c3c[nH]c(=O)c(Cl)c3)n(CC(=O)O)n2)CC1. The molecule has 25 heavy (non-hydrogen) atoms. The number of aromatic nitrogens is 4. The fraction of sp³-hybridized carbons (Fsp3) is 0.500. The summed E-state index contributed by atoms with van der Waals surface area (Å²) >= 11 is 5.88. The Morgan fingerprint density at radius 2 is 2.16 bits per heavy atom. The third-order valence-electron chi connectivity index (χ3n) is 4.43. The Morgan fingerprint density at radius 1 is 1.44 bits per heavy atom. The minimum atomic E-state index is -1.01. The van der Waals surface area contributed by atoms with Gasteiger partial charge in [-0.15, -0.1) is 0 Å². The van der Waals surface area contributed by atoms with Crippen molar-refractivity contribution in [2.24, 2.45) is 5.92 Å². The maximum atomic E-state index is 11.4. The summed E-state index contributed by atoms with van der Waals surface area (Å²) in [5.41, 5.74) is 0.134. The molecule has 2 aromatic rings. The highest BCUT2D eigenvalue weighted by Crippen LogP contribution is 2.23. The zero-order valence-corrected chi connectivity index (χ0v) is 14.7. The molecule has 0 bridgehead atoms. The number of likely N-dealkylation sites (tertiary alicyclic amines) is 1. The van der Waals surface area contributed by atoms with E-state index < -0.39 is 11.5 Å². The van der Waals surface area contributed by atoms with E-state index in [0.717, 1.165) is 25.9 Å². The van der Waals surface area contributed by atoms with Gasteiger partial charge in [-0.2, -0.15) is 5.10 Å². The van der Waals surface area contributed by atoms with Gasteiger partial charge in [-0.1, -0.05) is 11.6 Å². The van der Waals surface area contributed by atoms with Crippen molar-refractivity contribution in [1.29, 1.82) is 0 Å². The Hall–Kier alpha value is -2.19. The molecule has 0 atom stereocenters. The lowest BCUT2D eigenvalue weighted by Crippen LogP contribution is -2.31. The zero-order valence-electron chi connectivity index (χ0n) is 13.9. The summed E-state index contributed by atoms with van der Waals surface area (Å²) in [5.74, 6) is 0.494. The summed E-state index contributed by atoms with van der Waals surface area (Å²) in [7, 11) is 2.11. The lowest BCUT2D eigenvalue weighted by molar-refractivity contribution is -0.137. The maximum Gasteiger partial charge on any atom is 0.325 e. The molecule has 0 aliphatic carbocycles. The van der Waals surface area contributed by atoms with Gasteiger partial charge in [0.15, 0.2) is 11.6 Å². The van der Waals surface area contributed by atoms with Crippen molar-refractivity contribution in [3.05, 3.63) is 33.5 Å². The van der Waals surface area contributed by atoms with E-state index in [2.05, 4.69) is 27.0 Å². The molecule has 3 rings (SSSR count). The highest BCUT2D eigenvalue weighted by Gasteiger charge is 2.21. The first kappa shape index (κ1) is 17.6. The van der Waals surface area contributed by atoms with Crippen LogP contribution in [0.2, 0.25) is 5.02 Å². The van der Waals surface area contributed by atoms with Crippen LogP contribution < -0.4 is 5.56 Å². The van der Waals surface area contributed by atoms with Crippen LogP contribution in [0.5, 0.6) is 0 Å². The van der Waals surface area contributed by atoms with Gasteiger partial charge in [0, 0.05) is 18.2 Å². The summed E-state index contributed by atoms with van der Waals surface area (Å²) in [5, 5.41) is 13.5. The molecule has 0 spiro atoms. The summed E-state index contributed by atoms with van der Waals surface area (Å²) in [6, 6.07) is 1.47. The number of carbonyl (C=O) groups is 1. The number of nitrogens with zero attached hydrogens (tertiary/aromatic N) is 4. The molecule has 0 aromatic carbocycles. The first-order valence-corrected chi connectivity index (χ1v) is 8.53. The molecule has 2 aromatic heterocycles. The van der Waals surface area contributed by atoms with Gasteiger partial charge in [0.25, 0.3) is 5.56 Å². The Labute approximate surface area is 149 Å². The fourth-order valence-electron chi connectivity index (χ4n) is 3.04. The highest BCUT2D eigenvalue weighted by molar-refractivity contribution is 6.30. The van der Waals surface area contributed by atoms with Crippen LogP contribution in [-0.4, -0.2) is 55.9 Å². The fourth-order valence-corrected chi connectivity index (χ4v) is 3.21. The largest absolute Gasteiger partial charge is 0.480 e. The van der Waals surface area contributed by atoms with Crippen LogP contribution in [0.3, 0.4) is 0 Å². The van der Waals surface area contributed by atoms with Crippen molar-refractivity contribution in [3.63, 3.8) is 0 Å². The van der Waals surface area contributed by atoms with Crippen LogP contribution in [-0.2, 0) is 17.8 Å². The van der Waals surface area contributed by atoms with Gasteiger partial charge in [0.05, 0.1) is 0 Å². The number of pyridine rings is 1. The number of piperidine rings is 1. The topological polar surface area (TPSA) is 104 Å². The Morgan fingerprint density at radius 3 is 2.80 bits per heavy atom. The molecule has 1 saturated heterocycles. The standard InChI is InChI=1S/C16H20ClN5O3/c1-21-4-2-10(3-5-21)6-13-19-15(22(20-13)9-14(23)24)11-7-12(17)16(25)18-8-11/h7-8,10H,2-6,9H2,1H3,(H,18,25)(H,23,24). The van der Waals surface area contributed by atoms with E-state index in [1.54, 1.807) is 0 Å². The van der Waals surface area contributed by atoms with Crippen molar-refractivity contribution in [2.45, 2.75) is 25.8 Å². The Balaban J connectivity index is 1.88. The van der Waals surface area contributed by atoms with Crippen LogP contribution in [0.4, 0.5) is 0 Å². The van der Waals surface area contributed by atoms with Crippen molar-refractivity contribution >= 4 is 17.6 Å². The van der Waals surface area contributed by atoms with Crippen LogP contribution >= 0.6 is 11.6 Å². The maximum absolute atomic E-state index is 11.4. The lowest BCUT2D eigenvalue weighted by atomic mass is 9.94. The third kappa shape index (κ3) is 4.26. The number of hydrogen-bond donors (Lipinski definition) is 2. The molecular formula is C16H20ClN5O3. The van der Waals surface area contributed by atoms with Crippen molar-refractivity contribution in [3.8, 4) is 11.4 Å². The molecular weight excluding hydrogens is 346 g/mol. The van der Waals surface area contributed by atoms with Crippen molar-refractivity contribution in [1.82, 2.24) is 24.6 Å². The van der Waals surface area contributed by atoms with Crippen molar-refractivity contribution in [2.75, 3.05) is 20.1 Å². The van der Waals surface area contributed by atoms with Gasteiger partial charge < -0.3 is 15.0 Å². The van der Waals surface area contributed by atoms with Crippen LogP contribution in [0, 0.1) is 5.92 Å². The van der Waals surface area contributed by atoms with Gasteiger partial charge in [0.2, 0.25) is 0 Å². The molecule has 9 heteroatoms. The molecule has 1 aliphatic rings. The number of H-pyrrole nitrogens is 1. The average Bonchev–Trinajstić information content (AvgIpc) is 2.94. The number of rotatable bonds is 5. The first-order valence-electron chi connectivity index (χ1n) is 8.15. The number of carboxylic acid groups (broad SMARTS) is 1. The molecule has 8 nitrogen and oxygen atoms in total. The van der Waals surface area contributed by atoms with E-state index in [-0.39, 0.29) is 11.6 Å². The van der Waals surface area contributed by atoms with E-state index in [1.807, 2.05) is 0 Å². The molecule has 0 saturated carbocycles. The predicted molar refractivity (Wildman–Crippen MR) is 92.6 cm³/mol. The smallest absolute Gasteiger partial charge is 0.325 e.